The minimum absolute atomic E-state index is 0.0187. The molecule has 0 radical (unpaired) electrons. The number of fused-ring (bicyclic) bond motifs is 1. The minimum atomic E-state index is -0.0863. The van der Waals surface area contributed by atoms with Crippen molar-refractivity contribution in [3.05, 3.63) is 29.8 Å². The first-order chi connectivity index (χ1) is 10.1. The molecular formula is C17H24N2O2. The number of nitrogens with one attached hydrogen (secondary N) is 1. The van der Waals surface area contributed by atoms with Crippen molar-refractivity contribution >= 4 is 11.6 Å². The number of rotatable bonds is 2. The van der Waals surface area contributed by atoms with Crippen LogP contribution in [0.3, 0.4) is 0 Å². The Balaban J connectivity index is 1.88. The molecule has 4 atom stereocenters. The van der Waals surface area contributed by atoms with Crippen molar-refractivity contribution in [2.24, 2.45) is 5.92 Å². The van der Waals surface area contributed by atoms with E-state index in [9.17, 15) is 9.90 Å². The molecule has 2 aliphatic rings. The summed E-state index contributed by atoms with van der Waals surface area (Å²) in [6.07, 6.45) is 1.80. The number of amides is 1. The van der Waals surface area contributed by atoms with Gasteiger partial charge in [0.2, 0.25) is 5.91 Å². The summed E-state index contributed by atoms with van der Waals surface area (Å²) in [6.45, 7) is 5.07. The van der Waals surface area contributed by atoms with Gasteiger partial charge in [-0.25, -0.2) is 0 Å². The molecule has 2 N–H and O–H groups in total. The third-order valence-corrected chi connectivity index (χ3v) is 4.98. The van der Waals surface area contributed by atoms with Crippen molar-refractivity contribution in [3.63, 3.8) is 0 Å². The third kappa shape index (κ3) is 2.53. The van der Waals surface area contributed by atoms with E-state index in [0.717, 1.165) is 30.6 Å². The first kappa shape index (κ1) is 14.4. The Hall–Kier alpha value is -1.55. The van der Waals surface area contributed by atoms with E-state index in [0.29, 0.717) is 12.0 Å². The Morgan fingerprint density at radius 3 is 2.90 bits per heavy atom. The van der Waals surface area contributed by atoms with Gasteiger partial charge in [-0.15, -0.1) is 0 Å². The fourth-order valence-electron chi connectivity index (χ4n) is 3.73. The Kier molecular flexibility index (Phi) is 3.89. The average Bonchev–Trinajstić information content (AvgIpc) is 2.86. The molecule has 0 spiro atoms. The number of benzene rings is 1. The van der Waals surface area contributed by atoms with Gasteiger partial charge < -0.3 is 15.3 Å². The fraction of sp³-hybridized carbons (Fsp3) is 0.588. The summed E-state index contributed by atoms with van der Waals surface area (Å²) in [5.74, 6) is 0.476. The van der Waals surface area contributed by atoms with Crippen LogP contribution in [0, 0.1) is 5.92 Å². The number of aliphatic hydroxyl groups excluding tert-OH is 1. The zero-order chi connectivity index (χ0) is 15.0. The van der Waals surface area contributed by atoms with Crippen LogP contribution in [-0.2, 0) is 4.79 Å². The van der Waals surface area contributed by atoms with Crippen LogP contribution in [-0.4, -0.2) is 41.1 Å². The van der Waals surface area contributed by atoms with Gasteiger partial charge in [-0.1, -0.05) is 25.1 Å². The largest absolute Gasteiger partial charge is 0.394 e. The van der Waals surface area contributed by atoms with E-state index in [2.05, 4.69) is 19.2 Å². The van der Waals surface area contributed by atoms with E-state index in [1.54, 1.807) is 0 Å². The second-order valence-electron chi connectivity index (χ2n) is 6.47. The normalized spacial score (nSPS) is 31.7. The number of nitrogens with zero attached hydrogens (tertiary/aromatic N) is 1. The van der Waals surface area contributed by atoms with Gasteiger partial charge >= 0.3 is 0 Å². The number of likely N-dealkylation sites (tertiary alicyclic amines) is 1. The second kappa shape index (κ2) is 5.68. The number of hydrogen-bond donors (Lipinski definition) is 2. The molecule has 0 aromatic heterocycles. The predicted molar refractivity (Wildman–Crippen MR) is 83.3 cm³/mol. The number of anilines is 1. The summed E-state index contributed by atoms with van der Waals surface area (Å²) in [6, 6.07) is 8.36. The predicted octanol–water partition coefficient (Wildman–Crippen LogP) is 2.20. The summed E-state index contributed by atoms with van der Waals surface area (Å²) >= 11 is 0. The number of carbonyl (C=O) groups is 1. The van der Waals surface area contributed by atoms with Gasteiger partial charge in [-0.05, 0) is 37.3 Å². The molecule has 2 heterocycles. The highest BCUT2D eigenvalue weighted by Gasteiger charge is 2.39. The Labute approximate surface area is 126 Å². The lowest BCUT2D eigenvalue weighted by Crippen LogP contribution is -2.44. The number of para-hydroxylation sites is 1. The smallest absolute Gasteiger partial charge is 0.230 e. The van der Waals surface area contributed by atoms with Gasteiger partial charge in [0.15, 0.2) is 0 Å². The molecule has 4 heteroatoms. The molecule has 0 aliphatic carbocycles. The van der Waals surface area contributed by atoms with Crippen LogP contribution in [0.1, 0.15) is 38.2 Å². The molecule has 0 bridgehead atoms. The summed E-state index contributed by atoms with van der Waals surface area (Å²) in [5, 5.41) is 13.0. The van der Waals surface area contributed by atoms with E-state index in [4.69, 9.17) is 0 Å². The van der Waals surface area contributed by atoms with E-state index in [-0.39, 0.29) is 24.5 Å². The standard InChI is InChI=1S/C17H24N2O2/c1-11-7-8-19(16(11)10-20)17(21)14-9-12(2)18-15-6-4-3-5-13(14)15/h3-6,11-12,14,16,18,20H,7-10H2,1-2H3. The SMILES string of the molecule is CC1CC(C(=O)N2CCC(C)C2CO)c2ccccc2N1. The summed E-state index contributed by atoms with van der Waals surface area (Å²) < 4.78 is 0. The fourth-order valence-corrected chi connectivity index (χ4v) is 3.73. The van der Waals surface area contributed by atoms with Crippen LogP contribution in [0.4, 0.5) is 5.69 Å². The highest BCUT2D eigenvalue weighted by Crippen LogP contribution is 2.37. The Morgan fingerprint density at radius 2 is 2.14 bits per heavy atom. The van der Waals surface area contributed by atoms with Crippen LogP contribution in [0.25, 0.3) is 0 Å². The van der Waals surface area contributed by atoms with Crippen molar-refractivity contribution in [3.8, 4) is 0 Å². The Bertz CT molecular complexity index is 531. The zero-order valence-corrected chi connectivity index (χ0v) is 12.7. The van der Waals surface area contributed by atoms with Crippen LogP contribution < -0.4 is 5.32 Å². The van der Waals surface area contributed by atoms with Crippen molar-refractivity contribution < 1.29 is 9.90 Å². The average molecular weight is 288 g/mol. The molecular weight excluding hydrogens is 264 g/mol. The number of carbonyl (C=O) groups excluding carboxylic acids is 1. The van der Waals surface area contributed by atoms with Crippen LogP contribution >= 0.6 is 0 Å². The van der Waals surface area contributed by atoms with Gasteiger partial charge in [-0.3, -0.25) is 4.79 Å². The second-order valence-corrected chi connectivity index (χ2v) is 6.47. The highest BCUT2D eigenvalue weighted by molar-refractivity contribution is 5.87. The van der Waals surface area contributed by atoms with Crippen molar-refractivity contribution in [2.75, 3.05) is 18.5 Å². The first-order valence-electron chi connectivity index (χ1n) is 7.88. The molecule has 4 nitrogen and oxygen atoms in total. The maximum atomic E-state index is 13.0. The molecule has 2 aliphatic heterocycles. The molecule has 21 heavy (non-hydrogen) atoms. The first-order valence-corrected chi connectivity index (χ1v) is 7.88. The van der Waals surface area contributed by atoms with Crippen molar-refractivity contribution in [2.45, 2.75) is 44.7 Å². The molecule has 4 unspecified atom stereocenters. The van der Waals surface area contributed by atoms with Gasteiger partial charge in [-0.2, -0.15) is 0 Å². The number of hydrogen-bond acceptors (Lipinski definition) is 3. The lowest BCUT2D eigenvalue weighted by molar-refractivity contribution is -0.135. The lowest BCUT2D eigenvalue weighted by atomic mass is 9.86. The van der Waals surface area contributed by atoms with Gasteiger partial charge in [0, 0.05) is 18.3 Å². The molecule has 114 valence electrons. The van der Waals surface area contributed by atoms with Crippen LogP contribution in [0.15, 0.2) is 24.3 Å². The van der Waals surface area contributed by atoms with Crippen LogP contribution in [0.2, 0.25) is 0 Å². The number of aliphatic hydroxyl groups is 1. The monoisotopic (exact) mass is 288 g/mol. The third-order valence-electron chi connectivity index (χ3n) is 4.98. The molecule has 1 fully saturated rings. The molecule has 1 saturated heterocycles. The van der Waals surface area contributed by atoms with Crippen LogP contribution in [0.5, 0.6) is 0 Å². The van der Waals surface area contributed by atoms with E-state index in [1.165, 1.54) is 0 Å². The topological polar surface area (TPSA) is 52.6 Å². The lowest BCUT2D eigenvalue weighted by Gasteiger charge is -2.35. The van der Waals surface area contributed by atoms with Crippen molar-refractivity contribution in [1.82, 2.24) is 4.90 Å². The van der Waals surface area contributed by atoms with Crippen molar-refractivity contribution in [1.29, 1.82) is 0 Å². The van der Waals surface area contributed by atoms with Gasteiger partial charge in [0.05, 0.1) is 18.6 Å². The van der Waals surface area contributed by atoms with E-state index in [1.807, 2.05) is 29.2 Å². The summed E-state index contributed by atoms with van der Waals surface area (Å²) in [5.41, 5.74) is 2.17. The summed E-state index contributed by atoms with van der Waals surface area (Å²) in [4.78, 5) is 14.9. The molecule has 0 saturated carbocycles. The zero-order valence-electron chi connectivity index (χ0n) is 12.7. The van der Waals surface area contributed by atoms with E-state index >= 15 is 0 Å². The highest BCUT2D eigenvalue weighted by atomic mass is 16.3. The molecule has 1 amide bonds. The quantitative estimate of drug-likeness (QED) is 0.877. The van der Waals surface area contributed by atoms with Gasteiger partial charge in [0.1, 0.15) is 0 Å². The molecule has 1 aromatic rings. The Morgan fingerprint density at radius 1 is 1.38 bits per heavy atom. The van der Waals surface area contributed by atoms with E-state index < -0.39 is 0 Å². The maximum absolute atomic E-state index is 13.0. The van der Waals surface area contributed by atoms with Gasteiger partial charge in [0.25, 0.3) is 0 Å². The summed E-state index contributed by atoms with van der Waals surface area (Å²) in [7, 11) is 0. The maximum Gasteiger partial charge on any atom is 0.230 e. The molecule has 1 aromatic carbocycles. The minimum Gasteiger partial charge on any atom is -0.394 e. The molecule has 3 rings (SSSR count).